The number of carbonyl (C=O) groups excluding carboxylic acids is 2. The van der Waals surface area contributed by atoms with Crippen molar-refractivity contribution in [1.29, 1.82) is 0 Å². The van der Waals surface area contributed by atoms with Crippen LogP contribution in [-0.4, -0.2) is 88.6 Å². The third-order valence-corrected chi connectivity index (χ3v) is 11.2. The molecule has 2 saturated heterocycles. The van der Waals surface area contributed by atoms with Crippen LogP contribution in [0.15, 0.2) is 30.3 Å². The van der Waals surface area contributed by atoms with Gasteiger partial charge in [0, 0.05) is 43.5 Å². The average Bonchev–Trinajstić information content (AvgIpc) is 3.45. The largest absolute Gasteiger partial charge is 0.393 e. The monoisotopic (exact) mass is 646 g/mol. The maximum atomic E-state index is 13.8. The number of amides is 2. The zero-order chi connectivity index (χ0) is 32.4. The molecular weight excluding hydrogens is 597 g/mol. The van der Waals surface area contributed by atoms with Crippen LogP contribution >= 0.6 is 11.3 Å². The van der Waals surface area contributed by atoms with Gasteiger partial charge in [-0.05, 0) is 106 Å². The summed E-state index contributed by atoms with van der Waals surface area (Å²) in [6.45, 7) is 11.3. The lowest BCUT2D eigenvalue weighted by Crippen LogP contribution is -2.46. The Morgan fingerprint density at radius 1 is 1.07 bits per heavy atom. The van der Waals surface area contributed by atoms with Gasteiger partial charge >= 0.3 is 0 Å². The minimum absolute atomic E-state index is 0.0767. The van der Waals surface area contributed by atoms with Gasteiger partial charge in [-0.15, -0.1) is 0 Å². The van der Waals surface area contributed by atoms with Crippen molar-refractivity contribution in [3.8, 4) is 0 Å². The number of pyridine rings is 1. The fourth-order valence-corrected chi connectivity index (χ4v) is 8.14. The third-order valence-electron chi connectivity index (χ3n) is 10.3. The summed E-state index contributed by atoms with van der Waals surface area (Å²) in [5.41, 5.74) is 4.95. The summed E-state index contributed by atoms with van der Waals surface area (Å²) in [6.07, 6.45) is 7.13. The molecule has 1 aliphatic carbocycles. The van der Waals surface area contributed by atoms with Crippen molar-refractivity contribution < 1.29 is 14.7 Å². The van der Waals surface area contributed by atoms with Crippen LogP contribution in [0, 0.1) is 11.3 Å². The lowest BCUT2D eigenvalue weighted by molar-refractivity contribution is 0.0795. The number of aromatic nitrogens is 2. The molecule has 2 amide bonds. The molecule has 9 nitrogen and oxygen atoms in total. The van der Waals surface area contributed by atoms with Crippen LogP contribution in [-0.2, 0) is 12.8 Å². The molecule has 4 heterocycles. The smallest absolute Gasteiger partial charge is 0.280 e. The highest BCUT2D eigenvalue weighted by molar-refractivity contribution is 7.19. The highest BCUT2D eigenvalue weighted by atomic mass is 32.1. The van der Waals surface area contributed by atoms with Crippen molar-refractivity contribution in [2.45, 2.75) is 90.3 Å². The van der Waals surface area contributed by atoms with Gasteiger partial charge in [0.1, 0.15) is 10.3 Å². The van der Waals surface area contributed by atoms with Gasteiger partial charge in [-0.25, -0.2) is 9.97 Å². The van der Waals surface area contributed by atoms with Gasteiger partial charge in [-0.3, -0.25) is 9.59 Å². The summed E-state index contributed by atoms with van der Waals surface area (Å²) < 4.78 is 0. The van der Waals surface area contributed by atoms with Crippen LogP contribution in [0.1, 0.15) is 102 Å². The number of aliphatic hydroxyl groups is 1. The minimum atomic E-state index is -0.298. The molecular formula is C36H50N6O3S. The maximum absolute atomic E-state index is 13.8. The Balaban J connectivity index is 1.20. The first-order valence-electron chi connectivity index (χ1n) is 17.1. The number of aliphatic hydroxyl groups excluding tert-OH is 1. The lowest BCUT2D eigenvalue weighted by Gasteiger charge is -2.34. The van der Waals surface area contributed by atoms with E-state index in [-0.39, 0.29) is 35.4 Å². The van der Waals surface area contributed by atoms with Gasteiger partial charge in [-0.2, -0.15) is 0 Å². The molecule has 2 aliphatic heterocycles. The van der Waals surface area contributed by atoms with Crippen LogP contribution in [0.5, 0.6) is 0 Å². The highest BCUT2D eigenvalue weighted by Gasteiger charge is 2.30. The first-order chi connectivity index (χ1) is 22.0. The number of rotatable bonds is 8. The topological polar surface area (TPSA) is 111 Å². The van der Waals surface area contributed by atoms with Crippen LogP contribution in [0.4, 0.5) is 0 Å². The van der Waals surface area contributed by atoms with Crippen LogP contribution < -0.4 is 10.6 Å². The fourth-order valence-electron chi connectivity index (χ4n) is 7.30. The van der Waals surface area contributed by atoms with Crippen LogP contribution in [0.3, 0.4) is 0 Å². The van der Waals surface area contributed by atoms with Crippen molar-refractivity contribution >= 4 is 33.5 Å². The summed E-state index contributed by atoms with van der Waals surface area (Å²) in [4.78, 5) is 42.2. The van der Waals surface area contributed by atoms with Gasteiger partial charge in [0.2, 0.25) is 0 Å². The van der Waals surface area contributed by atoms with Crippen molar-refractivity contribution in [2.24, 2.45) is 11.3 Å². The van der Waals surface area contributed by atoms with Gasteiger partial charge in [0.25, 0.3) is 11.8 Å². The Hall–Kier alpha value is -2.92. The third kappa shape index (κ3) is 7.95. The standard InChI is InChI=1S/C36H50N6O3S/c1-36(2,3)26-10-11-29-25(20-26)21-31-34(39-29)46-35(40-31)33(45)38-30(14-18-42-16-12-28(43)13-17-42)23-7-5-8-24(19-23)32(44)37-27-9-6-15-41(4)22-27/h5,7-8,19,21,26-28,30,43H,6,9-18,20,22H2,1-4H3,(H,37,44)(H,38,45)/t26-,27?,30+/m0/s1. The number of hydrogen-bond donors (Lipinski definition) is 3. The zero-order valence-electron chi connectivity index (χ0n) is 27.8. The summed E-state index contributed by atoms with van der Waals surface area (Å²) in [5.74, 6) is 0.311. The number of nitrogens with zero attached hydrogens (tertiary/aromatic N) is 4. The Labute approximate surface area is 277 Å². The van der Waals surface area contributed by atoms with Crippen molar-refractivity contribution in [3.63, 3.8) is 0 Å². The number of likely N-dealkylation sites (tertiary alicyclic amines) is 2. The highest BCUT2D eigenvalue weighted by Crippen LogP contribution is 2.38. The predicted molar refractivity (Wildman–Crippen MR) is 183 cm³/mol. The predicted octanol–water partition coefficient (Wildman–Crippen LogP) is 4.98. The van der Waals surface area contributed by atoms with E-state index in [1.54, 1.807) is 0 Å². The summed E-state index contributed by atoms with van der Waals surface area (Å²) in [6, 6.07) is 9.66. The number of thiazole rings is 1. The van der Waals surface area contributed by atoms with E-state index in [1.165, 1.54) is 16.9 Å². The molecule has 2 fully saturated rings. The molecule has 0 spiro atoms. The number of carbonyl (C=O) groups is 2. The molecule has 0 radical (unpaired) electrons. The molecule has 1 aromatic carbocycles. The van der Waals surface area contributed by atoms with E-state index < -0.39 is 0 Å². The molecule has 0 saturated carbocycles. The van der Waals surface area contributed by atoms with Gasteiger partial charge < -0.3 is 25.5 Å². The van der Waals surface area contributed by atoms with E-state index in [1.807, 2.05) is 24.3 Å². The quantitative estimate of drug-likeness (QED) is 0.317. The summed E-state index contributed by atoms with van der Waals surface area (Å²) in [5, 5.41) is 16.9. The van der Waals surface area contributed by atoms with Gasteiger partial charge in [0.05, 0.1) is 12.1 Å². The molecule has 1 unspecified atom stereocenters. The molecule has 6 rings (SSSR count). The van der Waals surface area contributed by atoms with Crippen molar-refractivity contribution in [2.75, 3.05) is 39.8 Å². The second-order valence-corrected chi connectivity index (χ2v) is 15.8. The van der Waals surface area contributed by atoms with Gasteiger partial charge in [0.15, 0.2) is 5.01 Å². The van der Waals surface area contributed by atoms with Gasteiger partial charge in [-0.1, -0.05) is 44.2 Å². The number of hydrogen-bond acceptors (Lipinski definition) is 8. The molecule has 46 heavy (non-hydrogen) atoms. The molecule has 3 atom stereocenters. The van der Waals surface area contributed by atoms with Crippen LogP contribution in [0.25, 0.3) is 10.3 Å². The first-order valence-corrected chi connectivity index (χ1v) is 17.9. The van der Waals surface area contributed by atoms with E-state index in [4.69, 9.17) is 9.97 Å². The summed E-state index contributed by atoms with van der Waals surface area (Å²) in [7, 11) is 2.09. The Bertz CT molecular complexity index is 1540. The fraction of sp³-hybridized carbons (Fsp3) is 0.611. The normalized spacial score (nSPS) is 22.4. The van der Waals surface area contributed by atoms with E-state index in [0.717, 1.165) is 99.3 Å². The maximum Gasteiger partial charge on any atom is 0.280 e. The average molecular weight is 647 g/mol. The van der Waals surface area contributed by atoms with E-state index in [2.05, 4.69) is 54.3 Å². The molecule has 3 N–H and O–H groups in total. The molecule has 248 valence electrons. The van der Waals surface area contributed by atoms with E-state index in [0.29, 0.717) is 22.9 Å². The molecule has 0 bridgehead atoms. The zero-order valence-corrected chi connectivity index (χ0v) is 28.7. The van der Waals surface area contributed by atoms with E-state index in [9.17, 15) is 14.7 Å². The number of nitrogens with one attached hydrogen (secondary N) is 2. The second kappa shape index (κ2) is 14.1. The van der Waals surface area contributed by atoms with Crippen LogP contribution in [0.2, 0.25) is 0 Å². The Morgan fingerprint density at radius 2 is 1.87 bits per heavy atom. The SMILES string of the molecule is CN1CCCC(NC(=O)c2cccc([C@@H](CCN3CCC(O)CC3)NC(=O)c3nc4cc5c(nc4s3)CC[C@H](C(C)(C)C)C5)c2)C1. The lowest BCUT2D eigenvalue weighted by atomic mass is 9.71. The number of benzene rings is 1. The Kier molecular flexibility index (Phi) is 10.1. The summed E-state index contributed by atoms with van der Waals surface area (Å²) >= 11 is 1.36. The minimum Gasteiger partial charge on any atom is -0.393 e. The van der Waals surface area contributed by atoms with Crippen molar-refractivity contribution in [1.82, 2.24) is 30.4 Å². The molecule has 10 heteroatoms. The number of fused-ring (bicyclic) bond motifs is 2. The number of likely N-dealkylation sites (N-methyl/N-ethyl adjacent to an activating group) is 1. The molecule has 3 aliphatic rings. The first kappa shape index (κ1) is 33.0. The Morgan fingerprint density at radius 3 is 2.63 bits per heavy atom. The van der Waals surface area contributed by atoms with E-state index >= 15 is 0 Å². The number of aryl methyl sites for hydroxylation is 1. The molecule has 2 aromatic heterocycles. The second-order valence-electron chi connectivity index (χ2n) is 14.8. The van der Waals surface area contributed by atoms with Crippen molar-refractivity contribution in [3.05, 3.63) is 57.7 Å². The number of piperidine rings is 2. The molecule has 3 aromatic rings.